The lowest BCUT2D eigenvalue weighted by atomic mass is 9.89. The Morgan fingerprint density at radius 2 is 2.18 bits per heavy atom. The van der Waals surface area contributed by atoms with Crippen LogP contribution in [0.2, 0.25) is 0 Å². The highest BCUT2D eigenvalue weighted by atomic mass is 16.6. The summed E-state index contributed by atoms with van der Waals surface area (Å²) in [7, 11) is 0. The summed E-state index contributed by atoms with van der Waals surface area (Å²) < 4.78 is 10.1. The molecule has 0 aliphatic carbocycles. The normalized spacial score (nSPS) is 23.2. The fourth-order valence-corrected chi connectivity index (χ4v) is 1.44. The van der Waals surface area contributed by atoms with Crippen LogP contribution in [-0.4, -0.2) is 42.0 Å². The minimum absolute atomic E-state index is 0.243. The van der Waals surface area contributed by atoms with Gasteiger partial charge >= 0.3 is 12.1 Å². The predicted octanol–water partition coefficient (Wildman–Crippen LogP) is 1.00. The third-order valence-electron chi connectivity index (χ3n) is 3.12. The number of amides is 1. The van der Waals surface area contributed by atoms with E-state index >= 15 is 0 Å². The molecule has 1 amide bonds. The summed E-state index contributed by atoms with van der Waals surface area (Å²) in [6, 6.07) is 0. The molecule has 1 fully saturated rings. The highest BCUT2D eigenvalue weighted by Gasteiger charge is 2.39. The summed E-state index contributed by atoms with van der Waals surface area (Å²) in [5, 5.41) is 11.5. The summed E-state index contributed by atoms with van der Waals surface area (Å²) >= 11 is 0. The van der Waals surface area contributed by atoms with E-state index in [9.17, 15) is 9.59 Å². The molecule has 0 radical (unpaired) electrons. The first kappa shape index (κ1) is 13.8. The molecule has 0 bridgehead atoms. The summed E-state index contributed by atoms with van der Waals surface area (Å²) in [5.41, 5.74) is -1.32. The SMILES string of the molecule is CC(C)C(C)(NC(=O)O[C@H]1CCOC1)C(=O)O. The zero-order valence-corrected chi connectivity index (χ0v) is 10.4. The highest BCUT2D eigenvalue weighted by molar-refractivity contribution is 5.84. The molecule has 0 aromatic rings. The summed E-state index contributed by atoms with van der Waals surface area (Å²) in [6.45, 7) is 5.86. The Labute approximate surface area is 100 Å². The van der Waals surface area contributed by atoms with Crippen LogP contribution < -0.4 is 5.32 Å². The molecule has 1 aliphatic heterocycles. The van der Waals surface area contributed by atoms with Crippen LogP contribution >= 0.6 is 0 Å². The van der Waals surface area contributed by atoms with Crippen molar-refractivity contribution in [2.45, 2.75) is 38.8 Å². The number of carboxylic acid groups (broad SMARTS) is 1. The number of aliphatic carboxylic acids is 1. The van der Waals surface area contributed by atoms with Crippen molar-refractivity contribution in [1.82, 2.24) is 5.32 Å². The predicted molar refractivity (Wildman–Crippen MR) is 59.7 cm³/mol. The zero-order chi connectivity index (χ0) is 13.1. The molecule has 0 spiro atoms. The molecule has 17 heavy (non-hydrogen) atoms. The van der Waals surface area contributed by atoms with E-state index in [4.69, 9.17) is 14.6 Å². The van der Waals surface area contributed by atoms with E-state index in [0.717, 1.165) is 0 Å². The molecule has 0 aromatic heterocycles. The summed E-state index contributed by atoms with van der Waals surface area (Å²) in [4.78, 5) is 22.7. The van der Waals surface area contributed by atoms with E-state index in [1.807, 2.05) is 0 Å². The molecule has 0 saturated carbocycles. The standard InChI is InChI=1S/C11H19NO5/c1-7(2)11(3,9(13)14)12-10(15)17-8-4-5-16-6-8/h7-8H,4-6H2,1-3H3,(H,12,15)(H,13,14)/t8-,11?/m0/s1. The molecule has 98 valence electrons. The second kappa shape index (κ2) is 5.35. The van der Waals surface area contributed by atoms with Gasteiger partial charge in [0, 0.05) is 6.42 Å². The average Bonchev–Trinajstić information content (AvgIpc) is 2.69. The van der Waals surface area contributed by atoms with E-state index in [1.54, 1.807) is 13.8 Å². The Bertz CT molecular complexity index is 298. The minimum atomic E-state index is -1.32. The lowest BCUT2D eigenvalue weighted by Gasteiger charge is -2.30. The average molecular weight is 245 g/mol. The van der Waals surface area contributed by atoms with Gasteiger partial charge in [0.15, 0.2) is 0 Å². The van der Waals surface area contributed by atoms with Gasteiger partial charge in [0.2, 0.25) is 0 Å². The lowest BCUT2D eigenvalue weighted by Crippen LogP contribution is -2.56. The van der Waals surface area contributed by atoms with Crippen molar-refractivity contribution in [3.05, 3.63) is 0 Å². The molecular weight excluding hydrogens is 226 g/mol. The first-order valence-electron chi connectivity index (χ1n) is 5.66. The quantitative estimate of drug-likeness (QED) is 0.771. The van der Waals surface area contributed by atoms with Gasteiger partial charge in [-0.3, -0.25) is 0 Å². The smallest absolute Gasteiger partial charge is 0.408 e. The third kappa shape index (κ3) is 3.33. The van der Waals surface area contributed by atoms with Gasteiger partial charge < -0.3 is 19.9 Å². The van der Waals surface area contributed by atoms with Gasteiger partial charge in [0.05, 0.1) is 13.2 Å². The molecule has 2 atom stereocenters. The molecule has 1 saturated heterocycles. The lowest BCUT2D eigenvalue weighted by molar-refractivity contribution is -0.145. The Morgan fingerprint density at radius 3 is 2.59 bits per heavy atom. The Morgan fingerprint density at radius 1 is 1.53 bits per heavy atom. The molecule has 1 unspecified atom stereocenters. The van der Waals surface area contributed by atoms with Gasteiger partial charge in [-0.05, 0) is 12.8 Å². The molecule has 1 aliphatic rings. The first-order valence-corrected chi connectivity index (χ1v) is 5.66. The minimum Gasteiger partial charge on any atom is -0.480 e. The van der Waals surface area contributed by atoms with Crippen LogP contribution in [0, 0.1) is 5.92 Å². The molecule has 2 N–H and O–H groups in total. The van der Waals surface area contributed by atoms with Gasteiger partial charge in [-0.15, -0.1) is 0 Å². The van der Waals surface area contributed by atoms with Gasteiger partial charge in [-0.1, -0.05) is 13.8 Å². The topological polar surface area (TPSA) is 84.9 Å². The van der Waals surface area contributed by atoms with Crippen LogP contribution in [0.25, 0.3) is 0 Å². The van der Waals surface area contributed by atoms with Crippen molar-refractivity contribution in [3.8, 4) is 0 Å². The van der Waals surface area contributed by atoms with Crippen molar-refractivity contribution < 1.29 is 24.2 Å². The first-order chi connectivity index (χ1) is 7.86. The summed E-state index contributed by atoms with van der Waals surface area (Å²) in [6.07, 6.45) is -0.335. The Kier molecular flexibility index (Phi) is 4.34. The molecule has 6 nitrogen and oxygen atoms in total. The Balaban J connectivity index is 2.55. The largest absolute Gasteiger partial charge is 0.480 e. The van der Waals surface area contributed by atoms with Crippen molar-refractivity contribution in [2.75, 3.05) is 13.2 Å². The summed E-state index contributed by atoms with van der Waals surface area (Å²) in [5.74, 6) is -1.32. The van der Waals surface area contributed by atoms with Crippen LogP contribution in [0.15, 0.2) is 0 Å². The number of hydrogen-bond acceptors (Lipinski definition) is 4. The molecule has 6 heteroatoms. The van der Waals surface area contributed by atoms with Gasteiger partial charge in [0.1, 0.15) is 11.6 Å². The van der Waals surface area contributed by atoms with Crippen molar-refractivity contribution in [3.63, 3.8) is 0 Å². The number of carboxylic acids is 1. The van der Waals surface area contributed by atoms with Crippen LogP contribution in [0.4, 0.5) is 4.79 Å². The highest BCUT2D eigenvalue weighted by Crippen LogP contribution is 2.17. The molecular formula is C11H19NO5. The van der Waals surface area contributed by atoms with Crippen LogP contribution in [0.1, 0.15) is 27.2 Å². The van der Waals surface area contributed by atoms with Crippen molar-refractivity contribution in [1.29, 1.82) is 0 Å². The second-order valence-electron chi connectivity index (χ2n) is 4.68. The van der Waals surface area contributed by atoms with Gasteiger partial charge in [0.25, 0.3) is 0 Å². The number of ether oxygens (including phenoxy) is 2. The maximum Gasteiger partial charge on any atom is 0.408 e. The number of alkyl carbamates (subject to hydrolysis) is 1. The maximum atomic E-state index is 11.6. The molecule has 1 heterocycles. The van der Waals surface area contributed by atoms with E-state index in [0.29, 0.717) is 19.6 Å². The second-order valence-corrected chi connectivity index (χ2v) is 4.68. The van der Waals surface area contributed by atoms with E-state index in [2.05, 4.69) is 5.32 Å². The fourth-order valence-electron chi connectivity index (χ4n) is 1.44. The van der Waals surface area contributed by atoms with Crippen molar-refractivity contribution in [2.24, 2.45) is 5.92 Å². The number of carbonyl (C=O) groups is 2. The monoisotopic (exact) mass is 245 g/mol. The van der Waals surface area contributed by atoms with Crippen LogP contribution in [-0.2, 0) is 14.3 Å². The van der Waals surface area contributed by atoms with Crippen LogP contribution in [0.5, 0.6) is 0 Å². The molecule has 0 aromatic carbocycles. The van der Waals surface area contributed by atoms with Gasteiger partial charge in [-0.25, -0.2) is 9.59 Å². The maximum absolute atomic E-state index is 11.6. The number of rotatable bonds is 4. The van der Waals surface area contributed by atoms with E-state index in [1.165, 1.54) is 6.92 Å². The van der Waals surface area contributed by atoms with E-state index in [-0.39, 0.29) is 12.0 Å². The number of nitrogens with one attached hydrogen (secondary N) is 1. The fraction of sp³-hybridized carbons (Fsp3) is 0.818. The third-order valence-corrected chi connectivity index (χ3v) is 3.12. The van der Waals surface area contributed by atoms with Crippen molar-refractivity contribution >= 4 is 12.1 Å². The van der Waals surface area contributed by atoms with Gasteiger partial charge in [-0.2, -0.15) is 0 Å². The molecule has 1 rings (SSSR count). The number of carbonyl (C=O) groups excluding carboxylic acids is 1. The Hall–Kier alpha value is -1.30. The van der Waals surface area contributed by atoms with E-state index < -0.39 is 17.6 Å². The number of hydrogen-bond donors (Lipinski definition) is 2. The van der Waals surface area contributed by atoms with Crippen LogP contribution in [0.3, 0.4) is 0 Å². The zero-order valence-electron chi connectivity index (χ0n) is 10.4.